The van der Waals surface area contributed by atoms with Crippen molar-refractivity contribution in [1.82, 2.24) is 9.62 Å². The van der Waals surface area contributed by atoms with E-state index in [-0.39, 0.29) is 42.2 Å². The summed E-state index contributed by atoms with van der Waals surface area (Å²) in [6.07, 6.45) is -1.61. The number of alkyl halides is 3. The topological polar surface area (TPSA) is 113 Å². The minimum Gasteiger partial charge on any atom is -0.366 e. The number of anilines is 1. The molecule has 1 aromatic carbocycles. The molecule has 0 aliphatic carbocycles. The van der Waals surface area contributed by atoms with Crippen LogP contribution in [0.1, 0.15) is 32.1 Å². The van der Waals surface area contributed by atoms with Crippen molar-refractivity contribution in [3.8, 4) is 0 Å². The van der Waals surface area contributed by atoms with E-state index in [0.717, 1.165) is 25.3 Å². The lowest BCUT2D eigenvalue weighted by atomic mass is 9.95. The molecule has 0 bridgehead atoms. The van der Waals surface area contributed by atoms with Crippen LogP contribution in [0.25, 0.3) is 0 Å². The number of nitro benzene ring substituents is 1. The van der Waals surface area contributed by atoms with Gasteiger partial charge in [0, 0.05) is 38.2 Å². The van der Waals surface area contributed by atoms with Crippen LogP contribution < -0.4 is 10.2 Å². The number of rotatable bonds is 6. The normalized spacial score (nSPS) is 19.0. The van der Waals surface area contributed by atoms with Gasteiger partial charge in [-0.25, -0.2) is 8.42 Å². The largest absolute Gasteiger partial charge is 0.405 e. The molecule has 0 unspecified atom stereocenters. The molecular weight excluding hydrogens is 453 g/mol. The molecule has 0 aromatic heterocycles. The number of nitro groups is 1. The molecule has 0 saturated carbocycles. The summed E-state index contributed by atoms with van der Waals surface area (Å²) in [6, 6.07) is 3.79. The number of hydrogen-bond donors (Lipinski definition) is 1. The lowest BCUT2D eigenvalue weighted by molar-refractivity contribution is -0.384. The first-order valence-corrected chi connectivity index (χ1v) is 11.8. The highest BCUT2D eigenvalue weighted by atomic mass is 32.2. The van der Waals surface area contributed by atoms with E-state index in [1.54, 1.807) is 4.90 Å². The summed E-state index contributed by atoms with van der Waals surface area (Å²) in [5.74, 6) is -1.31. The van der Waals surface area contributed by atoms with E-state index in [4.69, 9.17) is 0 Å². The molecule has 3 rings (SSSR count). The number of carbonyl (C=O) groups excluding carboxylic acids is 1. The lowest BCUT2D eigenvalue weighted by Gasteiger charge is -2.33. The Bertz CT molecular complexity index is 956. The average molecular weight is 478 g/mol. The van der Waals surface area contributed by atoms with Crippen LogP contribution in [0.5, 0.6) is 0 Å². The molecule has 2 aliphatic rings. The number of nitrogens with zero attached hydrogens (tertiary/aromatic N) is 3. The van der Waals surface area contributed by atoms with Crippen molar-refractivity contribution >= 4 is 27.3 Å². The molecule has 32 heavy (non-hydrogen) atoms. The predicted octanol–water partition coefficient (Wildman–Crippen LogP) is 2.66. The predicted molar refractivity (Wildman–Crippen MR) is 110 cm³/mol. The van der Waals surface area contributed by atoms with Crippen LogP contribution in [-0.2, 0) is 14.8 Å². The Morgan fingerprint density at radius 3 is 2.31 bits per heavy atom. The molecule has 1 N–H and O–H groups in total. The van der Waals surface area contributed by atoms with Crippen LogP contribution in [0, 0.1) is 16.0 Å². The van der Waals surface area contributed by atoms with Crippen molar-refractivity contribution in [3.63, 3.8) is 0 Å². The van der Waals surface area contributed by atoms with Crippen molar-refractivity contribution in [1.29, 1.82) is 0 Å². The summed E-state index contributed by atoms with van der Waals surface area (Å²) in [7, 11) is -3.84. The van der Waals surface area contributed by atoms with E-state index in [1.165, 1.54) is 16.4 Å². The minimum absolute atomic E-state index is 0.142. The third kappa shape index (κ3) is 5.68. The van der Waals surface area contributed by atoms with Gasteiger partial charge in [-0.05, 0) is 37.8 Å². The zero-order chi connectivity index (χ0) is 23.5. The summed E-state index contributed by atoms with van der Waals surface area (Å²) in [4.78, 5) is 24.5. The Morgan fingerprint density at radius 2 is 1.75 bits per heavy atom. The molecule has 0 spiro atoms. The highest BCUT2D eigenvalue weighted by Crippen LogP contribution is 2.34. The number of carbonyl (C=O) groups is 1. The molecule has 1 aromatic rings. The molecule has 2 heterocycles. The molecule has 13 heteroatoms. The summed E-state index contributed by atoms with van der Waals surface area (Å²) in [6.45, 7) is -0.194. The van der Waals surface area contributed by atoms with Crippen LogP contribution in [0.2, 0.25) is 0 Å². The molecule has 2 fully saturated rings. The average Bonchev–Trinajstić information content (AvgIpc) is 2.77. The Morgan fingerprint density at radius 1 is 1.12 bits per heavy atom. The monoisotopic (exact) mass is 478 g/mol. The molecule has 178 valence electrons. The van der Waals surface area contributed by atoms with Crippen molar-refractivity contribution < 1.29 is 31.3 Å². The number of piperidine rings is 2. The van der Waals surface area contributed by atoms with Gasteiger partial charge in [0.15, 0.2) is 0 Å². The van der Waals surface area contributed by atoms with Gasteiger partial charge in [-0.3, -0.25) is 14.9 Å². The van der Waals surface area contributed by atoms with Crippen molar-refractivity contribution in [2.45, 2.75) is 43.2 Å². The molecule has 1 amide bonds. The van der Waals surface area contributed by atoms with Gasteiger partial charge >= 0.3 is 6.18 Å². The third-order valence-electron chi connectivity index (χ3n) is 5.77. The van der Waals surface area contributed by atoms with E-state index in [9.17, 15) is 36.5 Å². The summed E-state index contributed by atoms with van der Waals surface area (Å²) in [5.41, 5.74) is -0.134. The lowest BCUT2D eigenvalue weighted by Crippen LogP contribution is -2.43. The first-order valence-electron chi connectivity index (χ1n) is 10.4. The zero-order valence-electron chi connectivity index (χ0n) is 17.3. The van der Waals surface area contributed by atoms with Crippen molar-refractivity contribution in [2.75, 3.05) is 37.6 Å². The molecular formula is C19H25F3N4O5S. The molecule has 2 saturated heterocycles. The maximum atomic E-state index is 12.9. The standard InChI is InChI=1S/C19H25F3N4O5S/c20-19(21,22)13-23-18(27)14-6-10-24(11-7-14)16-5-4-15(12-17(16)26(28)29)32(30,31)25-8-2-1-3-9-25/h4-5,12,14H,1-3,6-11,13H2,(H,23,27). The summed E-state index contributed by atoms with van der Waals surface area (Å²) in [5, 5.41) is 13.5. The Kier molecular flexibility index (Phi) is 7.28. The van der Waals surface area contributed by atoms with Gasteiger partial charge in [-0.2, -0.15) is 17.5 Å². The first-order chi connectivity index (χ1) is 15.0. The number of halogens is 3. The van der Waals surface area contributed by atoms with Gasteiger partial charge in [0.05, 0.1) is 9.82 Å². The number of sulfonamides is 1. The second kappa shape index (κ2) is 9.61. The second-order valence-corrected chi connectivity index (χ2v) is 9.90. The fourth-order valence-electron chi connectivity index (χ4n) is 4.05. The van der Waals surface area contributed by atoms with Crippen LogP contribution >= 0.6 is 0 Å². The first kappa shape index (κ1) is 24.2. The fraction of sp³-hybridized carbons (Fsp3) is 0.632. The van der Waals surface area contributed by atoms with Gasteiger partial charge in [-0.1, -0.05) is 6.42 Å². The van der Waals surface area contributed by atoms with Gasteiger partial charge in [0.1, 0.15) is 12.2 Å². The number of hydrogen-bond acceptors (Lipinski definition) is 6. The van der Waals surface area contributed by atoms with E-state index >= 15 is 0 Å². The molecule has 0 atom stereocenters. The molecule has 2 aliphatic heterocycles. The summed E-state index contributed by atoms with van der Waals surface area (Å²) >= 11 is 0. The van der Waals surface area contributed by atoms with Gasteiger partial charge in [0.25, 0.3) is 5.69 Å². The maximum Gasteiger partial charge on any atom is 0.405 e. The molecule has 9 nitrogen and oxygen atoms in total. The SMILES string of the molecule is O=C(NCC(F)(F)F)C1CCN(c2ccc(S(=O)(=O)N3CCCCC3)cc2[N+](=O)[O-])CC1. The van der Waals surface area contributed by atoms with Crippen LogP contribution in [0.15, 0.2) is 23.1 Å². The van der Waals surface area contributed by atoms with Crippen molar-refractivity contribution in [3.05, 3.63) is 28.3 Å². The quantitative estimate of drug-likeness (QED) is 0.497. The van der Waals surface area contributed by atoms with Crippen LogP contribution in [-0.4, -0.2) is 62.5 Å². The third-order valence-corrected chi connectivity index (χ3v) is 7.66. The Balaban J connectivity index is 1.72. The summed E-state index contributed by atoms with van der Waals surface area (Å²) < 4.78 is 63.9. The maximum absolute atomic E-state index is 12.9. The van der Waals surface area contributed by atoms with Gasteiger partial charge < -0.3 is 10.2 Å². The number of nitrogens with one attached hydrogen (secondary N) is 1. The van der Waals surface area contributed by atoms with Gasteiger partial charge in [0.2, 0.25) is 15.9 Å². The smallest absolute Gasteiger partial charge is 0.366 e. The zero-order valence-corrected chi connectivity index (χ0v) is 18.1. The van der Waals surface area contributed by atoms with E-state index in [0.29, 0.717) is 13.1 Å². The highest BCUT2D eigenvalue weighted by Gasteiger charge is 2.33. The van der Waals surface area contributed by atoms with Crippen molar-refractivity contribution in [2.24, 2.45) is 5.92 Å². The molecule has 0 radical (unpaired) electrons. The highest BCUT2D eigenvalue weighted by molar-refractivity contribution is 7.89. The van der Waals surface area contributed by atoms with Crippen LogP contribution in [0.3, 0.4) is 0 Å². The minimum atomic E-state index is -4.49. The van der Waals surface area contributed by atoms with Crippen LogP contribution in [0.4, 0.5) is 24.5 Å². The second-order valence-electron chi connectivity index (χ2n) is 7.97. The Labute approximate surface area is 183 Å². The number of benzene rings is 1. The van der Waals surface area contributed by atoms with Gasteiger partial charge in [-0.15, -0.1) is 0 Å². The van der Waals surface area contributed by atoms with E-state index in [2.05, 4.69) is 0 Å². The van der Waals surface area contributed by atoms with E-state index < -0.39 is 39.5 Å². The fourth-order valence-corrected chi connectivity index (χ4v) is 5.58. The van der Waals surface area contributed by atoms with E-state index in [1.807, 2.05) is 5.32 Å². The Hall–Kier alpha value is -2.41. The number of amides is 1.